The Labute approximate surface area is 105 Å². The highest BCUT2D eigenvalue weighted by Crippen LogP contribution is 2.31. The Bertz CT molecular complexity index is 420. The summed E-state index contributed by atoms with van der Waals surface area (Å²) in [5, 5.41) is 5.35. The van der Waals surface area contributed by atoms with Crippen LogP contribution in [0, 0.1) is 0 Å². The van der Waals surface area contributed by atoms with Gasteiger partial charge in [-0.3, -0.25) is 0 Å². The normalized spacial score (nSPS) is 12.6. The summed E-state index contributed by atoms with van der Waals surface area (Å²) in [4.78, 5) is 1.30. The van der Waals surface area contributed by atoms with Crippen molar-refractivity contribution in [1.29, 1.82) is 0 Å². The van der Waals surface area contributed by atoms with E-state index in [0.717, 1.165) is 0 Å². The van der Waals surface area contributed by atoms with Crippen molar-refractivity contribution < 1.29 is 0 Å². The van der Waals surface area contributed by atoms with Crippen molar-refractivity contribution in [3.63, 3.8) is 0 Å². The molecule has 0 bridgehead atoms. The molecule has 0 spiro atoms. The third-order valence-electron chi connectivity index (χ3n) is 2.53. The summed E-state index contributed by atoms with van der Waals surface area (Å²) in [5.74, 6) is 0. The lowest BCUT2D eigenvalue weighted by Gasteiger charge is -2.10. The molecule has 1 nitrogen and oxygen atoms in total. The summed E-state index contributed by atoms with van der Waals surface area (Å²) in [6, 6.07) is 13.4. The highest BCUT2D eigenvalue weighted by molar-refractivity contribution is 8.01. The Morgan fingerprint density at radius 1 is 1.19 bits per heavy atom. The monoisotopic (exact) mass is 249 g/mol. The molecule has 2 aromatic rings. The van der Waals surface area contributed by atoms with Crippen LogP contribution in [0.15, 0.2) is 50.9 Å². The quantitative estimate of drug-likeness (QED) is 0.872. The van der Waals surface area contributed by atoms with E-state index in [1.54, 1.807) is 11.3 Å². The summed E-state index contributed by atoms with van der Waals surface area (Å²) in [6.45, 7) is 2.17. The lowest BCUT2D eigenvalue weighted by molar-refractivity contribution is 0.652. The molecule has 1 atom stereocenters. The fourth-order valence-corrected chi connectivity index (χ4v) is 3.18. The van der Waals surface area contributed by atoms with Gasteiger partial charge in [0.15, 0.2) is 0 Å². The van der Waals surface area contributed by atoms with Gasteiger partial charge in [0, 0.05) is 10.9 Å². The summed E-state index contributed by atoms with van der Waals surface area (Å²) in [6.07, 6.45) is 0. The van der Waals surface area contributed by atoms with Gasteiger partial charge in [-0.25, -0.2) is 0 Å². The number of hydrogen-bond donors (Lipinski definition) is 1. The number of thiophene rings is 1. The summed E-state index contributed by atoms with van der Waals surface area (Å²) in [7, 11) is 1.99. The van der Waals surface area contributed by atoms with E-state index < -0.39 is 0 Å². The van der Waals surface area contributed by atoms with Crippen molar-refractivity contribution in [1.82, 2.24) is 5.32 Å². The van der Waals surface area contributed by atoms with Crippen molar-refractivity contribution in [3.05, 3.63) is 47.3 Å². The molecule has 0 aliphatic heterocycles. The van der Waals surface area contributed by atoms with Crippen LogP contribution in [0.3, 0.4) is 0 Å². The van der Waals surface area contributed by atoms with Crippen LogP contribution in [0.5, 0.6) is 0 Å². The Kier molecular flexibility index (Phi) is 4.04. The molecule has 0 saturated heterocycles. The molecule has 0 aliphatic rings. The average molecular weight is 249 g/mol. The average Bonchev–Trinajstić information content (AvgIpc) is 2.82. The van der Waals surface area contributed by atoms with Gasteiger partial charge in [-0.05, 0) is 43.1 Å². The number of rotatable bonds is 4. The first kappa shape index (κ1) is 11.7. The number of nitrogens with one attached hydrogen (secondary N) is 1. The van der Waals surface area contributed by atoms with E-state index in [9.17, 15) is 0 Å². The molecule has 0 aliphatic carbocycles. The molecular formula is C13H15NS2. The van der Waals surface area contributed by atoms with Gasteiger partial charge in [-0.15, -0.1) is 11.3 Å². The van der Waals surface area contributed by atoms with Crippen molar-refractivity contribution in [3.8, 4) is 0 Å². The summed E-state index contributed by atoms with van der Waals surface area (Å²) in [5.41, 5.74) is 1.33. The highest BCUT2D eigenvalue weighted by Gasteiger charge is 2.02. The first-order valence-corrected chi connectivity index (χ1v) is 6.98. The van der Waals surface area contributed by atoms with Gasteiger partial charge in [0.1, 0.15) is 0 Å². The summed E-state index contributed by atoms with van der Waals surface area (Å²) < 4.78 is 1.34. The largest absolute Gasteiger partial charge is 0.313 e. The van der Waals surface area contributed by atoms with E-state index in [-0.39, 0.29) is 0 Å². The van der Waals surface area contributed by atoms with Crippen LogP contribution in [-0.2, 0) is 0 Å². The van der Waals surface area contributed by atoms with Gasteiger partial charge < -0.3 is 5.32 Å². The summed E-state index contributed by atoms with van der Waals surface area (Å²) >= 11 is 3.60. The highest BCUT2D eigenvalue weighted by atomic mass is 32.2. The van der Waals surface area contributed by atoms with Gasteiger partial charge in [0.25, 0.3) is 0 Å². The third-order valence-corrected chi connectivity index (χ3v) is 4.57. The molecule has 0 amide bonds. The molecule has 1 heterocycles. The second-order valence-electron chi connectivity index (χ2n) is 3.61. The molecular weight excluding hydrogens is 234 g/mol. The van der Waals surface area contributed by atoms with E-state index in [1.807, 2.05) is 18.8 Å². The third kappa shape index (κ3) is 2.88. The van der Waals surface area contributed by atoms with Gasteiger partial charge in [-0.2, -0.15) is 0 Å². The minimum Gasteiger partial charge on any atom is -0.313 e. The lowest BCUT2D eigenvalue weighted by Crippen LogP contribution is -2.11. The maximum Gasteiger partial charge on any atom is 0.0646 e. The van der Waals surface area contributed by atoms with Crippen LogP contribution < -0.4 is 5.32 Å². The molecule has 84 valence electrons. The zero-order valence-corrected chi connectivity index (χ0v) is 11.1. The molecule has 0 radical (unpaired) electrons. The standard InChI is InChI=1S/C13H15NS2/c1-10(14-2)11-5-7-12(8-6-11)16-13-4-3-9-15-13/h3-10,14H,1-2H3. The fraction of sp³-hybridized carbons (Fsp3) is 0.231. The molecule has 2 rings (SSSR count). The molecule has 16 heavy (non-hydrogen) atoms. The van der Waals surface area contributed by atoms with E-state index in [1.165, 1.54) is 14.7 Å². The molecule has 1 aromatic carbocycles. The number of benzene rings is 1. The smallest absolute Gasteiger partial charge is 0.0646 e. The van der Waals surface area contributed by atoms with E-state index in [4.69, 9.17) is 0 Å². The van der Waals surface area contributed by atoms with Crippen LogP contribution in [0.2, 0.25) is 0 Å². The maximum absolute atomic E-state index is 3.24. The second-order valence-corrected chi connectivity index (χ2v) is 5.94. The Morgan fingerprint density at radius 3 is 2.50 bits per heavy atom. The molecule has 1 aromatic heterocycles. The molecule has 1 N–H and O–H groups in total. The number of hydrogen-bond acceptors (Lipinski definition) is 3. The first-order chi connectivity index (χ1) is 7.79. The minimum atomic E-state index is 0.417. The van der Waals surface area contributed by atoms with Gasteiger partial charge in [0.05, 0.1) is 4.21 Å². The second kappa shape index (κ2) is 5.53. The van der Waals surface area contributed by atoms with Gasteiger partial charge in [0.2, 0.25) is 0 Å². The Balaban J connectivity index is 2.07. The van der Waals surface area contributed by atoms with Gasteiger partial charge >= 0.3 is 0 Å². The van der Waals surface area contributed by atoms with Crippen LogP contribution in [-0.4, -0.2) is 7.05 Å². The van der Waals surface area contributed by atoms with Crippen LogP contribution >= 0.6 is 23.1 Å². The Hall–Kier alpha value is -0.770. The zero-order chi connectivity index (χ0) is 11.4. The van der Waals surface area contributed by atoms with Crippen molar-refractivity contribution in [2.75, 3.05) is 7.05 Å². The first-order valence-electron chi connectivity index (χ1n) is 5.28. The van der Waals surface area contributed by atoms with Gasteiger partial charge in [-0.1, -0.05) is 30.0 Å². The maximum atomic E-state index is 3.24. The molecule has 3 heteroatoms. The topological polar surface area (TPSA) is 12.0 Å². The minimum absolute atomic E-state index is 0.417. The molecule has 0 fully saturated rings. The lowest BCUT2D eigenvalue weighted by atomic mass is 10.1. The van der Waals surface area contributed by atoms with Crippen LogP contribution in [0.4, 0.5) is 0 Å². The van der Waals surface area contributed by atoms with Crippen LogP contribution in [0.25, 0.3) is 0 Å². The van der Waals surface area contributed by atoms with E-state index in [2.05, 4.69) is 54.0 Å². The predicted molar refractivity (Wildman–Crippen MR) is 72.4 cm³/mol. The fourth-order valence-electron chi connectivity index (χ4n) is 1.43. The van der Waals surface area contributed by atoms with Crippen molar-refractivity contribution in [2.24, 2.45) is 0 Å². The predicted octanol–water partition coefficient (Wildman–Crippen LogP) is 4.18. The van der Waals surface area contributed by atoms with E-state index >= 15 is 0 Å². The van der Waals surface area contributed by atoms with Crippen molar-refractivity contribution in [2.45, 2.75) is 22.1 Å². The molecule has 1 unspecified atom stereocenters. The Morgan fingerprint density at radius 2 is 1.94 bits per heavy atom. The molecule has 0 saturated carbocycles. The van der Waals surface area contributed by atoms with Crippen molar-refractivity contribution >= 4 is 23.1 Å². The zero-order valence-electron chi connectivity index (χ0n) is 9.44. The SMILES string of the molecule is CNC(C)c1ccc(Sc2cccs2)cc1. The van der Waals surface area contributed by atoms with E-state index in [0.29, 0.717) is 6.04 Å². The van der Waals surface area contributed by atoms with Crippen LogP contribution in [0.1, 0.15) is 18.5 Å².